The number of hydrogen-bond donors (Lipinski definition) is 0. The van der Waals surface area contributed by atoms with Crippen molar-refractivity contribution in [2.45, 2.75) is 25.7 Å². The van der Waals surface area contributed by atoms with Crippen molar-refractivity contribution in [1.82, 2.24) is 0 Å². The van der Waals surface area contributed by atoms with Crippen LogP contribution in [-0.2, 0) is 4.43 Å². The zero-order valence-electron chi connectivity index (χ0n) is 10.7. The van der Waals surface area contributed by atoms with Crippen LogP contribution in [0.5, 0.6) is 0 Å². The predicted octanol–water partition coefficient (Wildman–Crippen LogP) is 3.11. The van der Waals surface area contributed by atoms with Crippen LogP contribution in [0.15, 0.2) is 24.3 Å². The Balaban J connectivity index is 2.46. The van der Waals surface area contributed by atoms with Crippen molar-refractivity contribution in [3.05, 3.63) is 29.1 Å². The molecule has 2 rings (SSSR count). The summed E-state index contributed by atoms with van der Waals surface area (Å²) < 4.78 is 6.99. The van der Waals surface area contributed by atoms with Crippen molar-refractivity contribution in [1.29, 1.82) is 5.26 Å². The molecule has 2 nitrogen and oxygen atoms in total. The lowest BCUT2D eigenvalue weighted by Gasteiger charge is -2.21. The molecule has 0 N–H and O–H groups in total. The fourth-order valence-corrected chi connectivity index (χ4v) is 3.83. The van der Waals surface area contributed by atoms with E-state index in [9.17, 15) is 5.26 Å². The topological polar surface area (TPSA) is 33.0 Å². The van der Waals surface area contributed by atoms with E-state index in [1.54, 1.807) is 11.3 Å². The van der Waals surface area contributed by atoms with E-state index in [0.717, 1.165) is 15.0 Å². The van der Waals surface area contributed by atoms with Crippen LogP contribution in [0.25, 0.3) is 10.1 Å². The van der Waals surface area contributed by atoms with E-state index in [-0.39, 0.29) is 0 Å². The smallest absolute Gasteiger partial charge is 0.186 e. The van der Waals surface area contributed by atoms with E-state index < -0.39 is 14.4 Å². The van der Waals surface area contributed by atoms with Crippen LogP contribution in [-0.4, -0.2) is 16.2 Å². The van der Waals surface area contributed by atoms with Gasteiger partial charge in [-0.2, -0.15) is 5.26 Å². The van der Waals surface area contributed by atoms with E-state index in [1.165, 1.54) is 0 Å². The molecule has 1 aromatic heterocycles. The van der Waals surface area contributed by atoms with Crippen LogP contribution in [0, 0.1) is 11.3 Å². The Morgan fingerprint density at radius 3 is 2.56 bits per heavy atom. The summed E-state index contributed by atoms with van der Waals surface area (Å²) in [5.74, 6) is 0. The lowest BCUT2D eigenvalue weighted by atomic mass is 9.91. The molecule has 18 heavy (non-hydrogen) atoms. The fraction of sp³-hybridized carbons (Fsp3) is 0.308. The number of thiophene rings is 1. The Hall–Kier alpha value is -1.09. The molecule has 0 saturated carbocycles. The first-order valence-electron chi connectivity index (χ1n) is 5.77. The Morgan fingerprint density at radius 2 is 2.00 bits per heavy atom. The third-order valence-electron chi connectivity index (χ3n) is 2.49. The molecule has 0 spiro atoms. The highest BCUT2D eigenvalue weighted by molar-refractivity contribution is 7.20. The predicted molar refractivity (Wildman–Crippen MR) is 80.0 cm³/mol. The van der Waals surface area contributed by atoms with Crippen molar-refractivity contribution in [3.8, 4) is 6.07 Å². The molecule has 0 aliphatic carbocycles. The van der Waals surface area contributed by atoms with Gasteiger partial charge in [-0.15, -0.1) is 11.3 Å². The highest BCUT2D eigenvalue weighted by Gasteiger charge is 2.25. The van der Waals surface area contributed by atoms with Gasteiger partial charge in [-0.25, -0.2) is 0 Å². The van der Waals surface area contributed by atoms with Crippen LogP contribution in [0.3, 0.4) is 0 Å². The molecule has 1 heterocycles. The molecule has 2 radical (unpaired) electrons. The minimum Gasteiger partial charge on any atom is -0.398 e. The molecule has 0 bridgehead atoms. The lowest BCUT2D eigenvalue weighted by Crippen LogP contribution is -2.28. The second-order valence-corrected chi connectivity index (χ2v) is 10.7. The quantitative estimate of drug-likeness (QED) is 0.803. The van der Waals surface area contributed by atoms with E-state index in [0.29, 0.717) is 5.46 Å². The van der Waals surface area contributed by atoms with Gasteiger partial charge in [-0.1, -0.05) is 23.7 Å². The molecule has 1 aromatic carbocycles. The normalized spacial score (nSPS) is 13.4. The average molecular weight is 271 g/mol. The fourth-order valence-electron chi connectivity index (χ4n) is 1.77. The molecular weight excluding hydrogens is 257 g/mol. The third kappa shape index (κ3) is 2.66. The van der Waals surface area contributed by atoms with Gasteiger partial charge in [0, 0.05) is 9.58 Å². The summed E-state index contributed by atoms with van der Waals surface area (Å²) in [5.41, 5.74) is 0.681. The second-order valence-electron chi connectivity index (χ2n) is 5.12. The SMILES string of the molecule is [B]c1c(C(C#N)O[Si](C)(C)C)sc2ccccc12. The zero-order valence-corrected chi connectivity index (χ0v) is 12.5. The summed E-state index contributed by atoms with van der Waals surface area (Å²) in [6.07, 6.45) is -0.547. The highest BCUT2D eigenvalue weighted by Crippen LogP contribution is 2.30. The number of hydrogen-bond acceptors (Lipinski definition) is 3. The van der Waals surface area contributed by atoms with Crippen molar-refractivity contribution in [3.63, 3.8) is 0 Å². The van der Waals surface area contributed by atoms with Gasteiger partial charge in [-0.3, -0.25) is 0 Å². The van der Waals surface area contributed by atoms with Crippen molar-refractivity contribution < 1.29 is 4.43 Å². The molecule has 1 unspecified atom stereocenters. The Bertz CT molecular complexity index is 611. The van der Waals surface area contributed by atoms with E-state index >= 15 is 0 Å². The summed E-state index contributed by atoms with van der Waals surface area (Å²) in [4.78, 5) is 0.834. The Labute approximate surface area is 114 Å². The summed E-state index contributed by atoms with van der Waals surface area (Å²) >= 11 is 1.55. The van der Waals surface area contributed by atoms with Gasteiger partial charge in [0.05, 0.1) is 6.07 Å². The summed E-state index contributed by atoms with van der Waals surface area (Å²) in [5, 5.41) is 10.3. The van der Waals surface area contributed by atoms with Gasteiger partial charge in [0.2, 0.25) is 0 Å². The number of nitrogens with zero attached hydrogens (tertiary/aromatic N) is 1. The molecule has 0 saturated heterocycles. The molecule has 0 fully saturated rings. The molecule has 90 valence electrons. The highest BCUT2D eigenvalue weighted by atomic mass is 32.1. The first-order chi connectivity index (χ1) is 8.42. The first-order valence-corrected chi connectivity index (χ1v) is 9.99. The second kappa shape index (κ2) is 4.89. The number of benzene rings is 1. The van der Waals surface area contributed by atoms with Crippen molar-refractivity contribution in [2.75, 3.05) is 0 Å². The largest absolute Gasteiger partial charge is 0.398 e. The van der Waals surface area contributed by atoms with Gasteiger partial charge in [0.1, 0.15) is 7.85 Å². The molecule has 2 aromatic rings. The van der Waals surface area contributed by atoms with Gasteiger partial charge in [0.15, 0.2) is 14.4 Å². The average Bonchev–Trinajstić information content (AvgIpc) is 2.63. The van der Waals surface area contributed by atoms with Gasteiger partial charge in [-0.05, 0) is 31.1 Å². The minimum atomic E-state index is -1.77. The number of fused-ring (bicyclic) bond motifs is 1. The number of nitriles is 1. The maximum atomic E-state index is 9.29. The summed E-state index contributed by atoms with van der Waals surface area (Å²) in [7, 11) is 4.36. The molecule has 0 aliphatic rings. The van der Waals surface area contributed by atoms with E-state index in [4.69, 9.17) is 12.3 Å². The van der Waals surface area contributed by atoms with Crippen LogP contribution in [0.2, 0.25) is 19.6 Å². The standard InChI is InChI=1S/C13H14BNOSSi/c1-18(2,3)16-10(8-15)13-12(14)9-6-4-5-7-11(9)17-13/h4-7,10H,1-3H3. The van der Waals surface area contributed by atoms with Gasteiger partial charge < -0.3 is 4.43 Å². The van der Waals surface area contributed by atoms with Crippen LogP contribution < -0.4 is 5.46 Å². The number of rotatable bonds is 3. The van der Waals surface area contributed by atoms with Crippen LogP contribution in [0.1, 0.15) is 11.0 Å². The lowest BCUT2D eigenvalue weighted by molar-refractivity contribution is 0.260. The van der Waals surface area contributed by atoms with Gasteiger partial charge in [0.25, 0.3) is 0 Å². The molecular formula is C13H14BNOSSi. The van der Waals surface area contributed by atoms with Crippen molar-refractivity contribution >= 4 is 43.0 Å². The molecule has 1 atom stereocenters. The van der Waals surface area contributed by atoms with Crippen LogP contribution in [0.4, 0.5) is 0 Å². The Kier molecular flexibility index (Phi) is 3.62. The van der Waals surface area contributed by atoms with Crippen LogP contribution >= 0.6 is 11.3 Å². The molecule has 5 heteroatoms. The Morgan fingerprint density at radius 1 is 1.33 bits per heavy atom. The van der Waals surface area contributed by atoms with E-state index in [1.807, 2.05) is 24.3 Å². The summed E-state index contributed by atoms with van der Waals surface area (Å²) in [6, 6.07) is 10.1. The zero-order chi connectivity index (χ0) is 13.3. The molecule has 0 amide bonds. The summed E-state index contributed by atoms with van der Waals surface area (Å²) in [6.45, 7) is 6.21. The van der Waals surface area contributed by atoms with Gasteiger partial charge >= 0.3 is 0 Å². The maximum absolute atomic E-state index is 9.29. The third-order valence-corrected chi connectivity index (χ3v) is 4.66. The van der Waals surface area contributed by atoms with E-state index in [2.05, 4.69) is 25.7 Å². The monoisotopic (exact) mass is 271 g/mol. The first kappa shape index (κ1) is 13.3. The van der Waals surface area contributed by atoms with Crippen molar-refractivity contribution in [2.24, 2.45) is 0 Å². The maximum Gasteiger partial charge on any atom is 0.186 e. The molecule has 0 aliphatic heterocycles. The minimum absolute atomic E-state index is 0.547.